The van der Waals surface area contributed by atoms with Crippen molar-refractivity contribution in [3.63, 3.8) is 0 Å². The Morgan fingerprint density at radius 2 is 2.33 bits per heavy atom. The van der Waals surface area contributed by atoms with Gasteiger partial charge in [0.05, 0.1) is 13.2 Å². The van der Waals surface area contributed by atoms with Crippen LogP contribution in [0, 0.1) is 0 Å². The summed E-state index contributed by atoms with van der Waals surface area (Å²) in [4.78, 5) is 11.7. The fraction of sp³-hybridized carbons (Fsp3) is 0.417. The molecule has 1 heterocycles. The maximum atomic E-state index is 11.7. The highest BCUT2D eigenvalue weighted by Gasteiger charge is 2.30. The van der Waals surface area contributed by atoms with Crippen LogP contribution in [-0.4, -0.2) is 19.1 Å². The minimum atomic E-state index is -0.158. The third-order valence-electron chi connectivity index (χ3n) is 2.75. The van der Waals surface area contributed by atoms with Crippen molar-refractivity contribution in [2.24, 2.45) is 0 Å². The fourth-order valence-electron chi connectivity index (χ4n) is 2.05. The third kappa shape index (κ3) is 2.02. The lowest BCUT2D eigenvalue weighted by molar-refractivity contribution is -0.687. The molecule has 0 unspecified atom stereocenters. The van der Waals surface area contributed by atoms with Crippen LogP contribution in [0.15, 0.2) is 24.3 Å². The van der Waals surface area contributed by atoms with E-state index in [0.29, 0.717) is 6.61 Å². The zero-order chi connectivity index (χ0) is 10.7. The second-order valence-electron chi connectivity index (χ2n) is 3.70. The van der Waals surface area contributed by atoms with Crippen molar-refractivity contribution < 1.29 is 14.8 Å². The summed E-state index contributed by atoms with van der Waals surface area (Å²) >= 11 is 0. The lowest BCUT2D eigenvalue weighted by Crippen LogP contribution is -2.88. The Hall–Kier alpha value is -1.35. The summed E-state index contributed by atoms with van der Waals surface area (Å²) in [7, 11) is 0. The van der Waals surface area contributed by atoms with E-state index in [1.807, 2.05) is 25.1 Å². The number of carbonyl (C=O) groups is 1. The van der Waals surface area contributed by atoms with Gasteiger partial charge < -0.3 is 10.1 Å². The van der Waals surface area contributed by atoms with E-state index in [1.54, 1.807) is 0 Å². The van der Waals surface area contributed by atoms with E-state index in [9.17, 15) is 4.79 Å². The van der Waals surface area contributed by atoms with E-state index in [0.717, 1.165) is 18.5 Å². The van der Waals surface area contributed by atoms with Crippen molar-refractivity contribution in [1.29, 1.82) is 0 Å². The summed E-state index contributed by atoms with van der Waals surface area (Å²) in [5.41, 5.74) is 2.39. The Labute approximate surface area is 89.4 Å². The highest BCUT2D eigenvalue weighted by molar-refractivity contribution is 5.76. The van der Waals surface area contributed by atoms with Gasteiger partial charge in [0.2, 0.25) is 6.04 Å². The van der Waals surface area contributed by atoms with E-state index < -0.39 is 0 Å². The van der Waals surface area contributed by atoms with E-state index in [4.69, 9.17) is 4.74 Å². The molecular weight excluding hydrogens is 190 g/mol. The molecule has 3 heteroatoms. The molecule has 0 aromatic heterocycles. The molecule has 3 nitrogen and oxygen atoms in total. The number of carbonyl (C=O) groups excluding carboxylic acids is 1. The molecule has 1 aromatic carbocycles. The number of hydrogen-bond donors (Lipinski definition) is 1. The van der Waals surface area contributed by atoms with Gasteiger partial charge in [-0.2, -0.15) is 0 Å². The van der Waals surface area contributed by atoms with Crippen LogP contribution in [0.2, 0.25) is 0 Å². The number of fused-ring (bicyclic) bond motifs is 1. The number of esters is 1. The first-order valence-electron chi connectivity index (χ1n) is 5.40. The molecule has 1 aliphatic rings. The van der Waals surface area contributed by atoms with Gasteiger partial charge in [-0.05, 0) is 12.5 Å². The standard InChI is InChI=1S/C12H15NO2/c1-2-15-12(14)11-10-6-4-3-5-9(10)7-8-13-11/h3-6,11,13H,2,7-8H2,1H3/p+1/t11-/m0/s1. The van der Waals surface area contributed by atoms with E-state index in [1.165, 1.54) is 5.56 Å². The molecule has 0 spiro atoms. The van der Waals surface area contributed by atoms with E-state index in [2.05, 4.69) is 11.4 Å². The van der Waals surface area contributed by atoms with Gasteiger partial charge >= 0.3 is 5.97 Å². The summed E-state index contributed by atoms with van der Waals surface area (Å²) < 4.78 is 5.07. The molecule has 80 valence electrons. The van der Waals surface area contributed by atoms with Crippen LogP contribution in [0.3, 0.4) is 0 Å². The molecule has 0 saturated heterocycles. The first kappa shape index (κ1) is 10.2. The number of nitrogens with two attached hydrogens (primary N) is 1. The molecule has 0 aliphatic carbocycles. The molecule has 2 N–H and O–H groups in total. The van der Waals surface area contributed by atoms with Gasteiger partial charge in [0.25, 0.3) is 0 Å². The number of rotatable bonds is 2. The average Bonchev–Trinajstić information content (AvgIpc) is 2.28. The van der Waals surface area contributed by atoms with Crippen molar-refractivity contribution in [2.45, 2.75) is 19.4 Å². The molecule has 1 aliphatic heterocycles. The summed E-state index contributed by atoms with van der Waals surface area (Å²) in [6, 6.07) is 7.95. The number of hydrogen-bond acceptors (Lipinski definition) is 2. The van der Waals surface area contributed by atoms with Gasteiger partial charge in [-0.1, -0.05) is 24.3 Å². The fourth-order valence-corrected chi connectivity index (χ4v) is 2.05. The van der Waals surface area contributed by atoms with Crippen LogP contribution in [0.25, 0.3) is 0 Å². The molecular formula is C12H16NO2+. The number of quaternary nitrogens is 1. The summed E-state index contributed by atoms with van der Waals surface area (Å²) in [6.45, 7) is 3.25. The first-order chi connectivity index (χ1) is 7.33. The van der Waals surface area contributed by atoms with Gasteiger partial charge in [0.1, 0.15) is 0 Å². The molecule has 2 rings (SSSR count). The Morgan fingerprint density at radius 1 is 1.53 bits per heavy atom. The molecule has 0 bridgehead atoms. The van der Waals surface area contributed by atoms with Crippen LogP contribution in [0.1, 0.15) is 24.1 Å². The topological polar surface area (TPSA) is 42.9 Å². The van der Waals surface area contributed by atoms with Crippen LogP contribution < -0.4 is 5.32 Å². The number of ether oxygens (including phenoxy) is 1. The summed E-state index contributed by atoms with van der Waals surface area (Å²) in [5.74, 6) is -0.121. The van der Waals surface area contributed by atoms with Gasteiger partial charge in [-0.15, -0.1) is 0 Å². The second-order valence-corrected chi connectivity index (χ2v) is 3.70. The van der Waals surface area contributed by atoms with Crippen molar-refractivity contribution in [3.05, 3.63) is 35.4 Å². The zero-order valence-corrected chi connectivity index (χ0v) is 8.90. The monoisotopic (exact) mass is 206 g/mol. The lowest BCUT2D eigenvalue weighted by atomic mass is 9.94. The van der Waals surface area contributed by atoms with Crippen molar-refractivity contribution in [2.75, 3.05) is 13.2 Å². The maximum Gasteiger partial charge on any atom is 0.369 e. The third-order valence-corrected chi connectivity index (χ3v) is 2.75. The normalized spacial score (nSPS) is 19.4. The Kier molecular flexibility index (Phi) is 3.02. The zero-order valence-electron chi connectivity index (χ0n) is 8.90. The highest BCUT2D eigenvalue weighted by Crippen LogP contribution is 2.19. The minimum Gasteiger partial charge on any atom is -0.461 e. The maximum absolute atomic E-state index is 11.7. The Morgan fingerprint density at radius 3 is 3.13 bits per heavy atom. The first-order valence-corrected chi connectivity index (χ1v) is 5.40. The molecule has 15 heavy (non-hydrogen) atoms. The quantitative estimate of drug-likeness (QED) is 0.712. The summed E-state index contributed by atoms with van der Waals surface area (Å²) in [5, 5.41) is 2.06. The molecule has 1 atom stereocenters. The van der Waals surface area contributed by atoms with Gasteiger partial charge in [-0.25, -0.2) is 4.79 Å². The molecule has 0 radical (unpaired) electrons. The lowest BCUT2D eigenvalue weighted by Gasteiger charge is -2.21. The van der Waals surface area contributed by atoms with Gasteiger partial charge in [-0.3, -0.25) is 0 Å². The largest absolute Gasteiger partial charge is 0.461 e. The van der Waals surface area contributed by atoms with Crippen LogP contribution in [0.5, 0.6) is 0 Å². The SMILES string of the molecule is CCOC(=O)[C@H]1[NH2+]CCc2ccccc21. The van der Waals surface area contributed by atoms with Crippen molar-refractivity contribution >= 4 is 5.97 Å². The van der Waals surface area contributed by atoms with E-state index in [-0.39, 0.29) is 12.0 Å². The second kappa shape index (κ2) is 4.45. The molecule has 0 amide bonds. The molecule has 0 saturated carbocycles. The van der Waals surface area contributed by atoms with Gasteiger partial charge in [0.15, 0.2) is 0 Å². The van der Waals surface area contributed by atoms with Crippen LogP contribution in [0.4, 0.5) is 0 Å². The molecule has 0 fully saturated rings. The van der Waals surface area contributed by atoms with E-state index >= 15 is 0 Å². The predicted octanol–water partition coefficient (Wildman–Crippen LogP) is 0.410. The Balaban J connectivity index is 2.25. The van der Waals surface area contributed by atoms with Crippen molar-refractivity contribution in [3.8, 4) is 0 Å². The van der Waals surface area contributed by atoms with Crippen LogP contribution in [-0.2, 0) is 16.0 Å². The minimum absolute atomic E-state index is 0.121. The number of benzene rings is 1. The smallest absolute Gasteiger partial charge is 0.369 e. The predicted molar refractivity (Wildman–Crippen MR) is 56.3 cm³/mol. The van der Waals surface area contributed by atoms with Crippen molar-refractivity contribution in [1.82, 2.24) is 0 Å². The van der Waals surface area contributed by atoms with Crippen LogP contribution >= 0.6 is 0 Å². The highest BCUT2D eigenvalue weighted by atomic mass is 16.5. The summed E-state index contributed by atoms with van der Waals surface area (Å²) in [6.07, 6.45) is 1.03. The van der Waals surface area contributed by atoms with Gasteiger partial charge in [0, 0.05) is 12.0 Å². The Bertz CT molecular complexity index is 362. The molecule has 1 aromatic rings. The average molecular weight is 206 g/mol.